The maximum absolute atomic E-state index is 12.6. The molecule has 0 fully saturated rings. The Hall–Kier alpha value is -2.34. The van der Waals surface area contributed by atoms with E-state index in [4.69, 9.17) is 9.47 Å². The molecular weight excluding hydrogens is 326 g/mol. The quantitative estimate of drug-likeness (QED) is 0.779. The minimum atomic E-state index is -0.519. The summed E-state index contributed by atoms with van der Waals surface area (Å²) in [4.78, 5) is 25.1. The third-order valence-corrected chi connectivity index (χ3v) is 4.58. The van der Waals surface area contributed by atoms with Crippen LogP contribution in [0.2, 0.25) is 0 Å². The predicted octanol–water partition coefficient (Wildman–Crippen LogP) is 3.49. The first-order chi connectivity index (χ1) is 11.6. The number of hydrogen-bond donors (Lipinski definition) is 1. The van der Waals surface area contributed by atoms with Gasteiger partial charge >= 0.3 is 5.97 Å². The molecule has 0 aliphatic carbocycles. The lowest BCUT2D eigenvalue weighted by Crippen LogP contribution is -2.30. The number of carbonyl (C=O) groups is 2. The number of esters is 1. The van der Waals surface area contributed by atoms with Crippen molar-refractivity contribution in [3.63, 3.8) is 0 Å². The summed E-state index contributed by atoms with van der Waals surface area (Å²) in [6.45, 7) is 3.94. The smallest absolute Gasteiger partial charge is 0.308 e. The van der Waals surface area contributed by atoms with Crippen LogP contribution < -0.4 is 10.1 Å². The van der Waals surface area contributed by atoms with Crippen molar-refractivity contribution in [2.75, 3.05) is 13.7 Å². The first-order valence-electron chi connectivity index (χ1n) is 7.70. The highest BCUT2D eigenvalue weighted by atomic mass is 32.1. The topological polar surface area (TPSA) is 64.6 Å². The molecule has 0 aliphatic heterocycles. The number of aryl methyl sites for hydroxylation is 1. The third-order valence-electron chi connectivity index (χ3n) is 3.56. The predicted molar refractivity (Wildman–Crippen MR) is 93.5 cm³/mol. The summed E-state index contributed by atoms with van der Waals surface area (Å²) in [5.41, 5.74) is 1.66. The van der Waals surface area contributed by atoms with Gasteiger partial charge in [0.05, 0.1) is 31.1 Å². The van der Waals surface area contributed by atoms with Crippen molar-refractivity contribution in [3.05, 3.63) is 51.7 Å². The van der Waals surface area contributed by atoms with E-state index in [0.717, 1.165) is 11.1 Å². The van der Waals surface area contributed by atoms with Crippen molar-refractivity contribution in [1.82, 2.24) is 5.32 Å². The van der Waals surface area contributed by atoms with Crippen LogP contribution in [0.25, 0.3) is 0 Å². The molecule has 0 aliphatic rings. The van der Waals surface area contributed by atoms with Crippen LogP contribution >= 0.6 is 11.3 Å². The number of hydrogen-bond acceptors (Lipinski definition) is 5. The highest BCUT2D eigenvalue weighted by Crippen LogP contribution is 2.28. The fraction of sp³-hybridized carbons (Fsp3) is 0.333. The van der Waals surface area contributed by atoms with Crippen LogP contribution in [0, 0.1) is 6.92 Å². The van der Waals surface area contributed by atoms with Crippen molar-refractivity contribution >= 4 is 23.2 Å². The van der Waals surface area contributed by atoms with Crippen LogP contribution in [0.15, 0.2) is 35.7 Å². The number of thiophene rings is 1. The van der Waals surface area contributed by atoms with Gasteiger partial charge in [0.25, 0.3) is 5.91 Å². The standard InChI is InChI=1S/C18H21NO4S/c1-4-23-16(20)11-14(13-7-5-6-8-15(13)22-3)19-18(21)17-12(2)9-10-24-17/h5-10,14H,4,11H2,1-3H3,(H,19,21)/t14-/m0/s1. The first-order valence-corrected chi connectivity index (χ1v) is 8.58. The lowest BCUT2D eigenvalue weighted by atomic mass is 10.0. The second-order valence-electron chi connectivity index (χ2n) is 5.21. The molecule has 0 saturated carbocycles. The maximum Gasteiger partial charge on any atom is 0.308 e. The molecule has 1 aromatic carbocycles. The highest BCUT2D eigenvalue weighted by Gasteiger charge is 2.23. The largest absolute Gasteiger partial charge is 0.496 e. The van der Waals surface area contributed by atoms with Crippen LogP contribution in [-0.4, -0.2) is 25.6 Å². The fourth-order valence-electron chi connectivity index (χ4n) is 2.41. The zero-order chi connectivity index (χ0) is 17.5. The molecule has 0 saturated heterocycles. The molecule has 1 N–H and O–H groups in total. The molecule has 24 heavy (non-hydrogen) atoms. The summed E-state index contributed by atoms with van der Waals surface area (Å²) in [5.74, 6) is 0.0503. The SMILES string of the molecule is CCOC(=O)C[C@H](NC(=O)c1sccc1C)c1ccccc1OC. The molecule has 2 rings (SSSR count). The number of ether oxygens (including phenoxy) is 2. The van der Waals surface area contributed by atoms with Gasteiger partial charge < -0.3 is 14.8 Å². The lowest BCUT2D eigenvalue weighted by Gasteiger charge is -2.20. The Labute approximate surface area is 145 Å². The minimum Gasteiger partial charge on any atom is -0.496 e. The first kappa shape index (κ1) is 18.0. The molecule has 5 nitrogen and oxygen atoms in total. The molecule has 0 unspecified atom stereocenters. The molecule has 1 atom stereocenters. The number of benzene rings is 1. The van der Waals surface area contributed by atoms with Crippen molar-refractivity contribution in [1.29, 1.82) is 0 Å². The van der Waals surface area contributed by atoms with E-state index in [2.05, 4.69) is 5.32 Å². The average molecular weight is 347 g/mol. The molecule has 2 aromatic rings. The van der Waals surface area contributed by atoms with Gasteiger partial charge in [-0.1, -0.05) is 18.2 Å². The molecule has 0 radical (unpaired) electrons. The molecule has 1 amide bonds. The lowest BCUT2D eigenvalue weighted by molar-refractivity contribution is -0.143. The van der Waals surface area contributed by atoms with Crippen LogP contribution in [0.3, 0.4) is 0 Å². The molecule has 6 heteroatoms. The highest BCUT2D eigenvalue weighted by molar-refractivity contribution is 7.12. The number of para-hydroxylation sites is 1. The Bertz CT molecular complexity index is 711. The Morgan fingerprint density at radius 1 is 1.25 bits per heavy atom. The summed E-state index contributed by atoms with van der Waals surface area (Å²) in [6, 6.07) is 8.70. The van der Waals surface area contributed by atoms with Gasteiger partial charge in [-0.05, 0) is 36.9 Å². The monoisotopic (exact) mass is 347 g/mol. The van der Waals surface area contributed by atoms with Gasteiger partial charge in [-0.2, -0.15) is 0 Å². The van der Waals surface area contributed by atoms with Crippen molar-refractivity contribution in [2.24, 2.45) is 0 Å². The molecule has 0 bridgehead atoms. The summed E-state index contributed by atoms with van der Waals surface area (Å²) in [6.07, 6.45) is 0.0460. The van der Waals surface area contributed by atoms with Gasteiger partial charge in [-0.15, -0.1) is 11.3 Å². The van der Waals surface area contributed by atoms with E-state index in [0.29, 0.717) is 17.2 Å². The van der Waals surface area contributed by atoms with Crippen molar-refractivity contribution in [2.45, 2.75) is 26.3 Å². The summed E-state index contributed by atoms with van der Waals surface area (Å²) < 4.78 is 10.4. The van der Waals surface area contributed by atoms with Crippen LogP contribution in [0.1, 0.15) is 40.2 Å². The van der Waals surface area contributed by atoms with Crippen molar-refractivity contribution in [3.8, 4) is 5.75 Å². The molecular formula is C18H21NO4S. The van der Waals surface area contributed by atoms with Crippen LogP contribution in [0.4, 0.5) is 0 Å². The van der Waals surface area contributed by atoms with Gasteiger partial charge in [0.2, 0.25) is 0 Å². The Morgan fingerprint density at radius 3 is 2.62 bits per heavy atom. The van der Waals surface area contributed by atoms with E-state index >= 15 is 0 Å². The molecule has 128 valence electrons. The van der Waals surface area contributed by atoms with Gasteiger partial charge in [0.1, 0.15) is 5.75 Å². The number of rotatable bonds is 7. The van der Waals surface area contributed by atoms with E-state index in [9.17, 15) is 9.59 Å². The Balaban J connectivity index is 2.27. The molecule has 1 heterocycles. The second kappa shape index (κ2) is 8.49. The number of amides is 1. The summed E-state index contributed by atoms with van der Waals surface area (Å²) in [7, 11) is 1.56. The average Bonchev–Trinajstić information content (AvgIpc) is 3.00. The van der Waals surface area contributed by atoms with E-state index in [1.54, 1.807) is 20.1 Å². The molecule has 0 spiro atoms. The van der Waals surface area contributed by atoms with Crippen LogP contribution in [-0.2, 0) is 9.53 Å². The second-order valence-corrected chi connectivity index (χ2v) is 6.13. The zero-order valence-electron chi connectivity index (χ0n) is 14.0. The Morgan fingerprint density at radius 2 is 2.00 bits per heavy atom. The van der Waals surface area contributed by atoms with Crippen molar-refractivity contribution < 1.29 is 19.1 Å². The van der Waals surface area contributed by atoms with Crippen LogP contribution in [0.5, 0.6) is 5.75 Å². The summed E-state index contributed by atoms with van der Waals surface area (Å²) in [5, 5.41) is 4.80. The Kier molecular flexibility index (Phi) is 6.37. The van der Waals surface area contributed by atoms with E-state index in [1.165, 1.54) is 11.3 Å². The van der Waals surface area contributed by atoms with Gasteiger partial charge in [-0.25, -0.2) is 0 Å². The number of methoxy groups -OCH3 is 1. The minimum absolute atomic E-state index is 0.0460. The zero-order valence-corrected chi connectivity index (χ0v) is 14.8. The van der Waals surface area contributed by atoms with Gasteiger partial charge in [0, 0.05) is 5.56 Å². The van der Waals surface area contributed by atoms with Gasteiger partial charge in [-0.3, -0.25) is 9.59 Å². The maximum atomic E-state index is 12.6. The molecule has 1 aromatic heterocycles. The third kappa shape index (κ3) is 4.35. The van der Waals surface area contributed by atoms with E-state index in [1.807, 2.05) is 36.6 Å². The number of carbonyl (C=O) groups excluding carboxylic acids is 2. The number of nitrogens with one attached hydrogen (secondary N) is 1. The summed E-state index contributed by atoms with van der Waals surface area (Å²) >= 11 is 1.37. The fourth-order valence-corrected chi connectivity index (χ4v) is 3.24. The van der Waals surface area contributed by atoms with Gasteiger partial charge in [0.15, 0.2) is 0 Å². The van der Waals surface area contributed by atoms with E-state index < -0.39 is 6.04 Å². The normalized spacial score (nSPS) is 11.6. The van der Waals surface area contributed by atoms with E-state index in [-0.39, 0.29) is 18.3 Å².